The lowest BCUT2D eigenvalue weighted by Crippen LogP contribution is -2.31. The first-order valence-corrected chi connectivity index (χ1v) is 12.3. The van der Waals surface area contributed by atoms with Gasteiger partial charge in [0.05, 0.1) is 18.1 Å². The van der Waals surface area contributed by atoms with Crippen LogP contribution in [0.15, 0.2) is 35.6 Å². The van der Waals surface area contributed by atoms with Crippen LogP contribution < -0.4 is 15.4 Å². The maximum Gasteiger partial charge on any atom is 0.258 e. The number of rotatable bonds is 11. The number of hydrogen-bond acceptors (Lipinski definition) is 7. The Balaban J connectivity index is 1.59. The Morgan fingerprint density at radius 3 is 2.45 bits per heavy atom. The van der Waals surface area contributed by atoms with E-state index in [9.17, 15) is 4.79 Å². The molecule has 0 bridgehead atoms. The van der Waals surface area contributed by atoms with E-state index in [0.29, 0.717) is 35.2 Å². The Bertz CT molecular complexity index is 1060. The number of amides is 1. The van der Waals surface area contributed by atoms with Crippen LogP contribution in [0.4, 0.5) is 5.82 Å². The fourth-order valence-electron chi connectivity index (χ4n) is 3.20. The van der Waals surface area contributed by atoms with E-state index in [4.69, 9.17) is 9.72 Å². The van der Waals surface area contributed by atoms with Crippen molar-refractivity contribution >= 4 is 34.5 Å². The van der Waals surface area contributed by atoms with Crippen molar-refractivity contribution in [3.05, 3.63) is 36.0 Å². The minimum atomic E-state index is -0.174. The molecule has 0 fully saturated rings. The smallest absolute Gasteiger partial charge is 0.258 e. The minimum absolute atomic E-state index is 0.0271. The molecule has 0 radical (unpaired) electrons. The summed E-state index contributed by atoms with van der Waals surface area (Å²) in [7, 11) is 0. The second-order valence-electron chi connectivity index (χ2n) is 8.79. The van der Waals surface area contributed by atoms with E-state index in [-0.39, 0.29) is 18.6 Å². The van der Waals surface area contributed by atoms with Crippen molar-refractivity contribution in [2.45, 2.75) is 70.5 Å². The topological polar surface area (TPSA) is 94.0 Å². The van der Waals surface area contributed by atoms with Crippen molar-refractivity contribution in [1.82, 2.24) is 25.1 Å². The van der Waals surface area contributed by atoms with Gasteiger partial charge in [-0.2, -0.15) is 5.10 Å². The molecule has 0 saturated carbocycles. The third kappa shape index (κ3) is 7.08. The quantitative estimate of drug-likeness (QED) is 0.315. The van der Waals surface area contributed by atoms with Crippen molar-refractivity contribution in [1.29, 1.82) is 0 Å². The van der Waals surface area contributed by atoms with Crippen LogP contribution in [0.2, 0.25) is 0 Å². The molecule has 33 heavy (non-hydrogen) atoms. The highest BCUT2D eigenvalue weighted by Gasteiger charge is 2.15. The van der Waals surface area contributed by atoms with Crippen molar-refractivity contribution < 1.29 is 9.53 Å². The van der Waals surface area contributed by atoms with Gasteiger partial charge in [0, 0.05) is 17.8 Å². The van der Waals surface area contributed by atoms with Gasteiger partial charge in [0.2, 0.25) is 0 Å². The Hall–Kier alpha value is -2.81. The first-order valence-electron chi connectivity index (χ1n) is 11.4. The lowest BCUT2D eigenvalue weighted by molar-refractivity contribution is -0.123. The van der Waals surface area contributed by atoms with Crippen LogP contribution in [0.3, 0.4) is 0 Å². The summed E-state index contributed by atoms with van der Waals surface area (Å²) in [6.45, 7) is 13.6. The molecule has 0 spiro atoms. The van der Waals surface area contributed by atoms with Crippen LogP contribution in [0.1, 0.15) is 53.0 Å². The van der Waals surface area contributed by atoms with E-state index >= 15 is 0 Å². The summed E-state index contributed by atoms with van der Waals surface area (Å²) in [5.41, 5.74) is 2.00. The summed E-state index contributed by atoms with van der Waals surface area (Å²) in [4.78, 5) is 21.6. The number of benzene rings is 1. The van der Waals surface area contributed by atoms with Gasteiger partial charge in [0.25, 0.3) is 5.91 Å². The maximum atomic E-state index is 12.2. The summed E-state index contributed by atoms with van der Waals surface area (Å²) >= 11 is 1.61. The molecule has 9 heteroatoms. The zero-order chi connectivity index (χ0) is 24.0. The average molecular weight is 471 g/mol. The molecule has 2 aromatic heterocycles. The van der Waals surface area contributed by atoms with Gasteiger partial charge in [-0.05, 0) is 37.5 Å². The Labute approximate surface area is 199 Å². The van der Waals surface area contributed by atoms with Gasteiger partial charge in [-0.25, -0.2) is 14.6 Å². The van der Waals surface area contributed by atoms with Gasteiger partial charge < -0.3 is 15.4 Å². The van der Waals surface area contributed by atoms with E-state index in [1.165, 1.54) is 5.56 Å². The number of ether oxygens (including phenoxy) is 1. The molecule has 1 amide bonds. The summed E-state index contributed by atoms with van der Waals surface area (Å²) in [6, 6.07) is 8.08. The van der Waals surface area contributed by atoms with Crippen molar-refractivity contribution in [3.63, 3.8) is 0 Å². The second-order valence-corrected chi connectivity index (χ2v) is 10.3. The average Bonchev–Trinajstić information content (AvgIpc) is 3.15. The molecule has 178 valence electrons. The van der Waals surface area contributed by atoms with Crippen LogP contribution in [-0.2, 0) is 11.3 Å². The number of fused-ring (bicyclic) bond motifs is 1. The Kier molecular flexibility index (Phi) is 8.55. The lowest BCUT2D eigenvalue weighted by Gasteiger charge is -2.13. The zero-order valence-electron chi connectivity index (χ0n) is 20.3. The lowest BCUT2D eigenvalue weighted by atomic mass is 10.0. The summed E-state index contributed by atoms with van der Waals surface area (Å²) in [5, 5.41) is 12.7. The molecule has 0 atom stereocenters. The standard InChI is InChI=1S/C24H34N6O2S/c1-15(2)18-7-9-19(10-8-18)32-14-21(31)25-11-12-30-23-20(13-26-30)22(27-16(3)4)28-24(29-23)33-17(5)6/h7-10,13,15-17H,11-12,14H2,1-6H3,(H,25,31)(H,27,28,29). The molecule has 0 unspecified atom stereocenters. The van der Waals surface area contributed by atoms with E-state index < -0.39 is 0 Å². The number of carbonyl (C=O) groups excluding carboxylic acids is 1. The van der Waals surface area contributed by atoms with Gasteiger partial charge in [0.1, 0.15) is 11.6 Å². The van der Waals surface area contributed by atoms with Crippen LogP contribution in [0.5, 0.6) is 5.75 Å². The number of thioether (sulfide) groups is 1. The third-order valence-corrected chi connectivity index (χ3v) is 5.67. The fourth-order valence-corrected chi connectivity index (χ4v) is 3.90. The summed E-state index contributed by atoms with van der Waals surface area (Å²) in [5.74, 6) is 1.76. The predicted octanol–water partition coefficient (Wildman–Crippen LogP) is 4.47. The summed E-state index contributed by atoms with van der Waals surface area (Å²) < 4.78 is 7.40. The first-order chi connectivity index (χ1) is 15.7. The highest BCUT2D eigenvalue weighted by molar-refractivity contribution is 7.99. The SMILES string of the molecule is CC(C)Nc1nc(SC(C)C)nc2c1cnn2CCNC(=O)COc1ccc(C(C)C)cc1. The van der Waals surface area contributed by atoms with Crippen LogP contribution in [0, 0.1) is 0 Å². The molecule has 0 aliphatic rings. The predicted molar refractivity (Wildman–Crippen MR) is 134 cm³/mol. The minimum Gasteiger partial charge on any atom is -0.484 e. The molecule has 2 heterocycles. The van der Waals surface area contributed by atoms with Crippen LogP contribution in [-0.4, -0.2) is 50.1 Å². The van der Waals surface area contributed by atoms with E-state index in [0.717, 1.165) is 16.9 Å². The Morgan fingerprint density at radius 2 is 1.82 bits per heavy atom. The molecule has 3 aromatic rings. The number of aromatic nitrogens is 4. The zero-order valence-corrected chi connectivity index (χ0v) is 21.1. The molecule has 0 aliphatic heterocycles. The molecular weight excluding hydrogens is 436 g/mol. The molecule has 0 saturated heterocycles. The van der Waals surface area contributed by atoms with E-state index in [2.05, 4.69) is 62.3 Å². The number of anilines is 1. The molecule has 8 nitrogen and oxygen atoms in total. The number of nitrogens with one attached hydrogen (secondary N) is 2. The molecule has 0 aliphatic carbocycles. The van der Waals surface area contributed by atoms with Crippen LogP contribution >= 0.6 is 11.8 Å². The molecule has 2 N–H and O–H groups in total. The summed E-state index contributed by atoms with van der Waals surface area (Å²) in [6.07, 6.45) is 1.77. The molecule has 3 rings (SSSR count). The highest BCUT2D eigenvalue weighted by Crippen LogP contribution is 2.27. The van der Waals surface area contributed by atoms with Gasteiger partial charge in [0.15, 0.2) is 17.4 Å². The fraction of sp³-hybridized carbons (Fsp3) is 0.500. The second kappa shape index (κ2) is 11.4. The van der Waals surface area contributed by atoms with Crippen molar-refractivity contribution in [3.8, 4) is 5.75 Å². The third-order valence-electron chi connectivity index (χ3n) is 4.80. The number of nitrogens with zero attached hydrogens (tertiary/aromatic N) is 4. The molecular formula is C24H34N6O2S. The number of hydrogen-bond donors (Lipinski definition) is 2. The van der Waals surface area contributed by atoms with Gasteiger partial charge in [-0.15, -0.1) is 0 Å². The van der Waals surface area contributed by atoms with E-state index in [1.54, 1.807) is 22.6 Å². The number of carbonyl (C=O) groups is 1. The van der Waals surface area contributed by atoms with Crippen LogP contribution in [0.25, 0.3) is 11.0 Å². The van der Waals surface area contributed by atoms with Gasteiger partial charge >= 0.3 is 0 Å². The Morgan fingerprint density at radius 1 is 1.09 bits per heavy atom. The van der Waals surface area contributed by atoms with Crippen molar-refractivity contribution in [2.24, 2.45) is 0 Å². The van der Waals surface area contributed by atoms with Crippen molar-refractivity contribution in [2.75, 3.05) is 18.5 Å². The first kappa shape index (κ1) is 24.8. The molecule has 1 aromatic carbocycles. The largest absolute Gasteiger partial charge is 0.484 e. The highest BCUT2D eigenvalue weighted by atomic mass is 32.2. The maximum absolute atomic E-state index is 12.2. The van der Waals surface area contributed by atoms with Gasteiger partial charge in [-0.1, -0.05) is 51.6 Å². The van der Waals surface area contributed by atoms with E-state index in [1.807, 2.05) is 24.3 Å². The normalized spacial score (nSPS) is 11.5. The monoisotopic (exact) mass is 470 g/mol. The van der Waals surface area contributed by atoms with Gasteiger partial charge in [-0.3, -0.25) is 4.79 Å².